The maximum Gasteiger partial charge on any atom is 0.240 e. The zero-order valence-electron chi connectivity index (χ0n) is 16.3. The Morgan fingerprint density at radius 1 is 1.07 bits per heavy atom. The van der Waals surface area contributed by atoms with Crippen molar-refractivity contribution in [1.29, 1.82) is 0 Å². The van der Waals surface area contributed by atoms with Crippen LogP contribution < -0.4 is 5.73 Å². The van der Waals surface area contributed by atoms with E-state index in [0.717, 1.165) is 51.9 Å². The summed E-state index contributed by atoms with van der Waals surface area (Å²) in [4.78, 5) is 21.5. The third kappa shape index (κ3) is 4.10. The lowest BCUT2D eigenvalue weighted by Gasteiger charge is -2.48. The van der Waals surface area contributed by atoms with Crippen LogP contribution in [-0.2, 0) is 17.8 Å². The number of likely N-dealkylation sites (tertiary alicyclic amines) is 2. The molecule has 0 bridgehead atoms. The van der Waals surface area contributed by atoms with Gasteiger partial charge < -0.3 is 10.3 Å². The number of rotatable bonds is 6. The van der Waals surface area contributed by atoms with E-state index in [0.29, 0.717) is 24.7 Å². The molecule has 0 spiro atoms. The Bertz CT molecular complexity index is 777. The number of primary amides is 1. The first-order valence-electron chi connectivity index (χ1n) is 10.3. The highest BCUT2D eigenvalue weighted by molar-refractivity contribution is 5.84. The lowest BCUT2D eigenvalue weighted by atomic mass is 9.83. The van der Waals surface area contributed by atoms with Crippen LogP contribution in [-0.4, -0.2) is 57.6 Å². The second-order valence-corrected chi connectivity index (χ2v) is 7.99. The van der Waals surface area contributed by atoms with Crippen molar-refractivity contribution in [1.82, 2.24) is 19.9 Å². The number of amides is 1. The Morgan fingerprint density at radius 3 is 2.46 bits per heavy atom. The van der Waals surface area contributed by atoms with Crippen molar-refractivity contribution >= 4 is 5.91 Å². The van der Waals surface area contributed by atoms with Crippen LogP contribution >= 0.6 is 0 Å². The van der Waals surface area contributed by atoms with Crippen LogP contribution in [0.5, 0.6) is 0 Å². The largest absolute Gasteiger partial charge is 0.368 e. The summed E-state index contributed by atoms with van der Waals surface area (Å²) in [6.07, 6.45) is 5.78. The first-order chi connectivity index (χ1) is 13.7. The van der Waals surface area contributed by atoms with Gasteiger partial charge in [-0.15, -0.1) is 0 Å². The molecule has 2 saturated heterocycles. The number of hydrogen-bond donors (Lipinski definition) is 1. The molecular formula is C21H29N5O2. The summed E-state index contributed by atoms with van der Waals surface area (Å²) in [5.74, 6) is 1.17. The van der Waals surface area contributed by atoms with E-state index in [1.807, 2.05) is 18.2 Å². The van der Waals surface area contributed by atoms with Crippen molar-refractivity contribution in [2.24, 2.45) is 5.73 Å². The number of hydrogen-bond acceptors (Lipinski definition) is 6. The number of benzene rings is 1. The van der Waals surface area contributed by atoms with E-state index in [-0.39, 0.29) is 5.91 Å². The molecular weight excluding hydrogens is 354 g/mol. The smallest absolute Gasteiger partial charge is 0.240 e. The van der Waals surface area contributed by atoms with Crippen molar-refractivity contribution in [3.05, 3.63) is 47.6 Å². The van der Waals surface area contributed by atoms with E-state index in [2.05, 4.69) is 32.1 Å². The molecule has 0 unspecified atom stereocenters. The van der Waals surface area contributed by atoms with Gasteiger partial charge in [-0.1, -0.05) is 41.9 Å². The van der Waals surface area contributed by atoms with E-state index in [4.69, 9.17) is 10.3 Å². The molecule has 2 fully saturated rings. The molecule has 1 amide bonds. The highest BCUT2D eigenvalue weighted by Gasteiger charge is 2.45. The molecule has 0 radical (unpaired) electrons. The van der Waals surface area contributed by atoms with E-state index in [1.54, 1.807) is 0 Å². The molecule has 0 aliphatic carbocycles. The normalized spacial score (nSPS) is 20.9. The molecule has 2 N–H and O–H groups in total. The van der Waals surface area contributed by atoms with Gasteiger partial charge in [-0.2, -0.15) is 4.98 Å². The quantitative estimate of drug-likeness (QED) is 0.820. The van der Waals surface area contributed by atoms with Gasteiger partial charge in [-0.05, 0) is 44.3 Å². The van der Waals surface area contributed by atoms with Crippen molar-refractivity contribution in [3.63, 3.8) is 0 Å². The summed E-state index contributed by atoms with van der Waals surface area (Å²) in [6, 6.07) is 10.1. The SMILES string of the molecule is NC(=O)C1(N2CCCCC2)CCN(Cc2nc(Cc3ccccc3)no2)CC1. The molecule has 7 nitrogen and oxygen atoms in total. The molecule has 2 aliphatic heterocycles. The maximum absolute atomic E-state index is 12.3. The first-order valence-corrected chi connectivity index (χ1v) is 10.3. The molecule has 4 rings (SSSR count). The summed E-state index contributed by atoms with van der Waals surface area (Å²) in [7, 11) is 0. The van der Waals surface area contributed by atoms with Crippen LogP contribution in [0.15, 0.2) is 34.9 Å². The fraction of sp³-hybridized carbons (Fsp3) is 0.571. The number of carbonyl (C=O) groups is 1. The highest BCUT2D eigenvalue weighted by atomic mass is 16.5. The zero-order chi connectivity index (χ0) is 19.4. The average Bonchev–Trinajstić information content (AvgIpc) is 3.16. The van der Waals surface area contributed by atoms with Crippen LogP contribution in [0.25, 0.3) is 0 Å². The van der Waals surface area contributed by atoms with Crippen molar-refractivity contribution in [3.8, 4) is 0 Å². The highest BCUT2D eigenvalue weighted by Crippen LogP contribution is 2.32. The number of aromatic nitrogens is 2. The molecule has 0 saturated carbocycles. The molecule has 2 aromatic rings. The predicted octanol–water partition coefficient (Wildman–Crippen LogP) is 1.97. The average molecular weight is 383 g/mol. The van der Waals surface area contributed by atoms with Gasteiger partial charge in [0, 0.05) is 19.5 Å². The van der Waals surface area contributed by atoms with Crippen LogP contribution in [0, 0.1) is 0 Å². The van der Waals surface area contributed by atoms with Crippen LogP contribution in [0.4, 0.5) is 0 Å². The van der Waals surface area contributed by atoms with Gasteiger partial charge >= 0.3 is 0 Å². The Kier molecular flexibility index (Phi) is 5.73. The lowest BCUT2D eigenvalue weighted by molar-refractivity contribution is -0.135. The molecule has 7 heteroatoms. The molecule has 1 aromatic carbocycles. The van der Waals surface area contributed by atoms with Gasteiger partial charge in [0.1, 0.15) is 5.54 Å². The zero-order valence-corrected chi connectivity index (χ0v) is 16.3. The standard InChI is InChI=1S/C21H29N5O2/c22-20(27)21(26-11-5-2-6-12-26)9-13-25(14-10-21)16-19-23-18(24-28-19)15-17-7-3-1-4-8-17/h1,3-4,7-8H,2,5-6,9-16H2,(H2,22,27). The Balaban J connectivity index is 1.34. The lowest BCUT2D eigenvalue weighted by Crippen LogP contribution is -2.63. The van der Waals surface area contributed by atoms with Crippen LogP contribution in [0.3, 0.4) is 0 Å². The number of nitrogens with two attached hydrogens (primary N) is 1. The summed E-state index contributed by atoms with van der Waals surface area (Å²) in [6.45, 7) is 4.22. The fourth-order valence-corrected chi connectivity index (χ4v) is 4.52. The molecule has 3 heterocycles. The second kappa shape index (κ2) is 8.41. The Morgan fingerprint density at radius 2 is 1.79 bits per heavy atom. The van der Waals surface area contributed by atoms with Gasteiger partial charge in [-0.25, -0.2) is 0 Å². The van der Waals surface area contributed by atoms with Gasteiger partial charge in [0.15, 0.2) is 5.82 Å². The minimum absolute atomic E-state index is 0.169. The molecule has 0 atom stereocenters. The molecule has 28 heavy (non-hydrogen) atoms. The van der Waals surface area contributed by atoms with E-state index in [1.165, 1.54) is 12.0 Å². The third-order valence-corrected chi connectivity index (χ3v) is 6.18. The van der Waals surface area contributed by atoms with Crippen LogP contribution in [0.1, 0.15) is 49.4 Å². The Hall–Kier alpha value is -2.25. The molecule has 150 valence electrons. The second-order valence-electron chi connectivity index (χ2n) is 7.99. The Labute approximate surface area is 165 Å². The fourth-order valence-electron chi connectivity index (χ4n) is 4.52. The van der Waals surface area contributed by atoms with Gasteiger partial charge in [0.25, 0.3) is 0 Å². The summed E-state index contributed by atoms with van der Waals surface area (Å²) < 4.78 is 5.45. The van der Waals surface area contributed by atoms with Crippen molar-refractivity contribution in [2.45, 2.75) is 50.6 Å². The van der Waals surface area contributed by atoms with E-state index in [9.17, 15) is 4.79 Å². The molecule has 2 aliphatic rings. The minimum atomic E-state index is -0.482. The van der Waals surface area contributed by atoms with E-state index < -0.39 is 5.54 Å². The minimum Gasteiger partial charge on any atom is -0.368 e. The van der Waals surface area contributed by atoms with Crippen molar-refractivity contribution < 1.29 is 9.32 Å². The summed E-state index contributed by atoms with van der Waals surface area (Å²) >= 11 is 0. The topological polar surface area (TPSA) is 88.5 Å². The number of piperidine rings is 2. The molecule has 1 aromatic heterocycles. The third-order valence-electron chi connectivity index (χ3n) is 6.18. The van der Waals surface area contributed by atoms with Crippen LogP contribution in [0.2, 0.25) is 0 Å². The van der Waals surface area contributed by atoms with Gasteiger partial charge in [0.2, 0.25) is 11.8 Å². The van der Waals surface area contributed by atoms with Gasteiger partial charge in [0.05, 0.1) is 6.54 Å². The summed E-state index contributed by atoms with van der Waals surface area (Å²) in [5.41, 5.74) is 6.55. The summed E-state index contributed by atoms with van der Waals surface area (Å²) in [5, 5.41) is 4.11. The first kappa shape index (κ1) is 19.1. The maximum atomic E-state index is 12.3. The van der Waals surface area contributed by atoms with E-state index >= 15 is 0 Å². The number of nitrogens with zero attached hydrogens (tertiary/aromatic N) is 4. The predicted molar refractivity (Wildman–Crippen MR) is 105 cm³/mol. The van der Waals surface area contributed by atoms with Gasteiger partial charge in [-0.3, -0.25) is 14.6 Å². The number of carbonyl (C=O) groups excluding carboxylic acids is 1. The van der Waals surface area contributed by atoms with Crippen molar-refractivity contribution in [2.75, 3.05) is 26.2 Å². The monoisotopic (exact) mass is 383 g/mol.